The number of rotatable bonds is 2. The Balaban J connectivity index is 2.22. The van der Waals surface area contributed by atoms with Crippen LogP contribution in [0.5, 0.6) is 0 Å². The number of para-hydroxylation sites is 1. The molecular weight excluding hydrogens is 256 g/mol. The summed E-state index contributed by atoms with van der Waals surface area (Å²) >= 11 is 0. The molecule has 0 bridgehead atoms. The lowest BCUT2D eigenvalue weighted by Crippen LogP contribution is -2.11. The summed E-state index contributed by atoms with van der Waals surface area (Å²) in [7, 11) is 0. The fraction of sp³-hybridized carbons (Fsp3) is 0. The lowest BCUT2D eigenvalue weighted by atomic mass is 10.2. The average molecular weight is 266 g/mol. The van der Waals surface area contributed by atoms with Crippen LogP contribution in [0.1, 0.15) is 20.7 Å². The molecule has 1 aromatic carbocycles. The van der Waals surface area contributed by atoms with Crippen molar-refractivity contribution in [2.24, 2.45) is 0 Å². The largest absolute Gasteiger partial charge is 0.478 e. The molecule has 0 radical (unpaired) electrons. The summed E-state index contributed by atoms with van der Waals surface area (Å²) in [5.74, 6) is -1.36. The first-order chi connectivity index (χ1) is 9.68. The Morgan fingerprint density at radius 2 is 1.90 bits per heavy atom. The maximum atomic E-state index is 12.4. The Bertz CT molecular complexity index is 806. The Kier molecular flexibility index (Phi) is 2.80. The predicted molar refractivity (Wildman–Crippen MR) is 72.9 cm³/mol. The molecule has 5 heteroatoms. The van der Waals surface area contributed by atoms with Crippen molar-refractivity contribution in [2.75, 3.05) is 0 Å². The van der Waals surface area contributed by atoms with E-state index in [0.29, 0.717) is 16.5 Å². The summed E-state index contributed by atoms with van der Waals surface area (Å²) < 4.78 is 1.34. The van der Waals surface area contributed by atoms with Crippen LogP contribution in [-0.2, 0) is 0 Å². The number of fused-ring (bicyclic) bond motifs is 1. The van der Waals surface area contributed by atoms with Gasteiger partial charge in [0.1, 0.15) is 0 Å². The molecule has 0 saturated heterocycles. The van der Waals surface area contributed by atoms with E-state index in [4.69, 9.17) is 0 Å². The maximum Gasteiger partial charge on any atom is 0.337 e. The number of carboxylic acids is 1. The standard InChI is InChI=1S/C15H10N2O3/c18-14(10-4-3-7-16-8-10)17-9-12(15(19)20)11-5-1-2-6-13(11)17/h1-9H,(H,19,20). The van der Waals surface area contributed by atoms with E-state index < -0.39 is 5.97 Å². The number of hydrogen-bond acceptors (Lipinski definition) is 3. The lowest BCUT2D eigenvalue weighted by molar-refractivity contribution is 0.0699. The van der Waals surface area contributed by atoms with Crippen LogP contribution in [0.15, 0.2) is 55.0 Å². The third-order valence-electron chi connectivity index (χ3n) is 3.07. The van der Waals surface area contributed by atoms with Gasteiger partial charge in [-0.3, -0.25) is 14.3 Å². The van der Waals surface area contributed by atoms with Gasteiger partial charge < -0.3 is 5.11 Å². The summed E-state index contributed by atoms with van der Waals surface area (Å²) in [4.78, 5) is 27.6. The highest BCUT2D eigenvalue weighted by molar-refractivity contribution is 6.09. The molecule has 3 rings (SSSR count). The third kappa shape index (κ3) is 1.85. The van der Waals surface area contributed by atoms with Gasteiger partial charge in [0.05, 0.1) is 16.6 Å². The third-order valence-corrected chi connectivity index (χ3v) is 3.07. The van der Waals surface area contributed by atoms with Gasteiger partial charge in [0, 0.05) is 24.0 Å². The second kappa shape index (κ2) is 4.62. The molecule has 0 aliphatic rings. The molecule has 0 aliphatic heterocycles. The monoisotopic (exact) mass is 266 g/mol. The summed E-state index contributed by atoms with van der Waals surface area (Å²) in [6.45, 7) is 0. The van der Waals surface area contributed by atoms with Gasteiger partial charge in [0.2, 0.25) is 0 Å². The zero-order valence-corrected chi connectivity index (χ0v) is 10.4. The van der Waals surface area contributed by atoms with Crippen molar-refractivity contribution in [1.82, 2.24) is 9.55 Å². The molecule has 3 aromatic rings. The first kappa shape index (κ1) is 12.1. The molecule has 20 heavy (non-hydrogen) atoms. The number of benzene rings is 1. The van der Waals surface area contributed by atoms with E-state index in [1.807, 2.05) is 0 Å². The molecule has 0 unspecified atom stereocenters. The van der Waals surface area contributed by atoms with Gasteiger partial charge in [-0.1, -0.05) is 18.2 Å². The van der Waals surface area contributed by atoms with Crippen LogP contribution < -0.4 is 0 Å². The number of carbonyl (C=O) groups excluding carboxylic acids is 1. The summed E-state index contributed by atoms with van der Waals surface area (Å²) in [5.41, 5.74) is 1.08. The highest BCUT2D eigenvalue weighted by Crippen LogP contribution is 2.22. The van der Waals surface area contributed by atoms with Crippen LogP contribution in [0.4, 0.5) is 0 Å². The zero-order valence-electron chi connectivity index (χ0n) is 10.4. The minimum absolute atomic E-state index is 0.109. The number of aromatic carboxylic acids is 1. The van der Waals surface area contributed by atoms with Crippen molar-refractivity contribution < 1.29 is 14.7 Å². The quantitative estimate of drug-likeness (QED) is 0.773. The Morgan fingerprint density at radius 3 is 2.60 bits per heavy atom. The van der Waals surface area contributed by atoms with E-state index in [2.05, 4.69) is 4.98 Å². The molecule has 0 atom stereocenters. The van der Waals surface area contributed by atoms with Crippen LogP contribution in [-0.4, -0.2) is 26.5 Å². The van der Waals surface area contributed by atoms with Crippen molar-refractivity contribution in [1.29, 1.82) is 0 Å². The Morgan fingerprint density at radius 1 is 1.10 bits per heavy atom. The van der Waals surface area contributed by atoms with Crippen molar-refractivity contribution >= 4 is 22.8 Å². The van der Waals surface area contributed by atoms with Gasteiger partial charge in [-0.25, -0.2) is 4.79 Å². The zero-order chi connectivity index (χ0) is 14.1. The maximum absolute atomic E-state index is 12.4. The molecule has 98 valence electrons. The highest BCUT2D eigenvalue weighted by atomic mass is 16.4. The van der Waals surface area contributed by atoms with E-state index in [1.165, 1.54) is 17.0 Å². The Labute approximate surface area is 114 Å². The van der Waals surface area contributed by atoms with Crippen LogP contribution in [0.3, 0.4) is 0 Å². The number of carboxylic acid groups (broad SMARTS) is 1. The molecule has 0 spiro atoms. The van der Waals surface area contributed by atoms with Gasteiger partial charge in [0.25, 0.3) is 5.91 Å². The van der Waals surface area contributed by atoms with E-state index in [9.17, 15) is 14.7 Å². The number of carbonyl (C=O) groups is 2. The number of hydrogen-bond donors (Lipinski definition) is 1. The Hall–Kier alpha value is -2.95. The molecule has 0 saturated carbocycles. The minimum atomic E-state index is -1.06. The van der Waals surface area contributed by atoms with Crippen LogP contribution in [0.2, 0.25) is 0 Å². The second-order valence-electron chi connectivity index (χ2n) is 4.28. The number of aromatic nitrogens is 2. The topological polar surface area (TPSA) is 72.2 Å². The summed E-state index contributed by atoms with van der Waals surface area (Å²) in [6, 6.07) is 10.2. The van der Waals surface area contributed by atoms with E-state index in [-0.39, 0.29) is 11.5 Å². The van der Waals surface area contributed by atoms with Gasteiger partial charge in [-0.05, 0) is 18.2 Å². The predicted octanol–water partition coefficient (Wildman–Crippen LogP) is 2.42. The van der Waals surface area contributed by atoms with Gasteiger partial charge >= 0.3 is 5.97 Å². The molecule has 0 amide bonds. The smallest absolute Gasteiger partial charge is 0.337 e. The SMILES string of the molecule is O=C(O)c1cn(C(=O)c2cccnc2)c2ccccc12. The molecule has 2 heterocycles. The summed E-state index contributed by atoms with van der Waals surface area (Å²) in [5, 5.41) is 9.75. The lowest BCUT2D eigenvalue weighted by Gasteiger charge is -2.03. The van der Waals surface area contributed by atoms with Gasteiger partial charge in [-0.2, -0.15) is 0 Å². The second-order valence-corrected chi connectivity index (χ2v) is 4.28. The van der Waals surface area contributed by atoms with Crippen LogP contribution in [0, 0.1) is 0 Å². The average Bonchev–Trinajstić information content (AvgIpc) is 2.87. The molecule has 0 aliphatic carbocycles. The number of nitrogens with zero attached hydrogens (tertiary/aromatic N) is 2. The first-order valence-corrected chi connectivity index (χ1v) is 5.96. The minimum Gasteiger partial charge on any atom is -0.478 e. The van der Waals surface area contributed by atoms with Crippen molar-refractivity contribution in [3.05, 3.63) is 66.1 Å². The van der Waals surface area contributed by atoms with Crippen molar-refractivity contribution in [2.45, 2.75) is 0 Å². The van der Waals surface area contributed by atoms with E-state index in [0.717, 1.165) is 0 Å². The fourth-order valence-electron chi connectivity index (χ4n) is 2.15. The molecule has 1 N–H and O–H groups in total. The van der Waals surface area contributed by atoms with Crippen molar-refractivity contribution in [3.63, 3.8) is 0 Å². The van der Waals surface area contributed by atoms with E-state index in [1.54, 1.807) is 42.6 Å². The molecule has 2 aromatic heterocycles. The molecule has 0 fully saturated rings. The van der Waals surface area contributed by atoms with Crippen LogP contribution >= 0.6 is 0 Å². The highest BCUT2D eigenvalue weighted by Gasteiger charge is 2.18. The molecular formula is C15H10N2O3. The fourth-order valence-corrected chi connectivity index (χ4v) is 2.15. The van der Waals surface area contributed by atoms with Gasteiger partial charge in [0.15, 0.2) is 0 Å². The van der Waals surface area contributed by atoms with E-state index >= 15 is 0 Å². The van der Waals surface area contributed by atoms with Crippen LogP contribution in [0.25, 0.3) is 10.9 Å². The normalized spacial score (nSPS) is 10.6. The first-order valence-electron chi connectivity index (χ1n) is 5.96. The summed E-state index contributed by atoms with van der Waals surface area (Å²) in [6.07, 6.45) is 4.38. The number of pyridine rings is 1. The molecule has 5 nitrogen and oxygen atoms in total. The van der Waals surface area contributed by atoms with Gasteiger partial charge in [-0.15, -0.1) is 0 Å². The van der Waals surface area contributed by atoms with Crippen molar-refractivity contribution in [3.8, 4) is 0 Å².